The lowest BCUT2D eigenvalue weighted by Gasteiger charge is -2.05. The molecule has 0 aliphatic heterocycles. The molecule has 0 saturated carbocycles. The average Bonchev–Trinajstić information content (AvgIpc) is 2.29. The second-order valence-electron chi connectivity index (χ2n) is 3.25. The van der Waals surface area contributed by atoms with E-state index in [0.717, 1.165) is 9.86 Å². The third-order valence-corrected chi connectivity index (χ3v) is 2.81. The Hall–Kier alpha value is -1.20. The average molecular weight is 316 g/mol. The van der Waals surface area contributed by atoms with Crippen LogP contribution in [-0.2, 0) is 4.74 Å². The molecular weight excluding hydrogens is 307 g/mol. The molecule has 0 amide bonds. The second kappa shape index (κ2) is 4.98. The Morgan fingerprint density at radius 2 is 2.29 bits per heavy atom. The van der Waals surface area contributed by atoms with Gasteiger partial charge in [0, 0.05) is 16.1 Å². The lowest BCUT2D eigenvalue weighted by atomic mass is 10.2. The van der Waals surface area contributed by atoms with Gasteiger partial charge in [-0.1, -0.05) is 11.6 Å². The third kappa shape index (κ3) is 2.56. The Morgan fingerprint density at radius 3 is 3.00 bits per heavy atom. The van der Waals surface area contributed by atoms with Gasteiger partial charge in [-0.25, -0.2) is 14.8 Å². The van der Waals surface area contributed by atoms with E-state index in [1.165, 1.54) is 0 Å². The molecular formula is C11H8BrClN2O2. The summed E-state index contributed by atoms with van der Waals surface area (Å²) in [6, 6.07) is 3.44. The predicted octanol–water partition coefficient (Wildman–Crippen LogP) is 3.22. The third-order valence-electron chi connectivity index (χ3n) is 2.08. The highest BCUT2D eigenvalue weighted by Gasteiger charge is 2.14. The number of aromatic nitrogens is 2. The molecule has 6 heteroatoms. The Kier molecular flexibility index (Phi) is 3.59. The topological polar surface area (TPSA) is 52.1 Å². The monoisotopic (exact) mass is 314 g/mol. The van der Waals surface area contributed by atoms with E-state index >= 15 is 0 Å². The number of carbonyl (C=O) groups excluding carboxylic acids is 1. The maximum Gasteiger partial charge on any atom is 0.341 e. The largest absolute Gasteiger partial charge is 0.462 e. The molecule has 0 radical (unpaired) electrons. The highest BCUT2D eigenvalue weighted by molar-refractivity contribution is 9.10. The number of esters is 1. The van der Waals surface area contributed by atoms with E-state index in [4.69, 9.17) is 16.3 Å². The van der Waals surface area contributed by atoms with Crippen LogP contribution in [0.4, 0.5) is 0 Å². The summed E-state index contributed by atoms with van der Waals surface area (Å²) < 4.78 is 5.70. The summed E-state index contributed by atoms with van der Waals surface area (Å²) in [6.07, 6.45) is 1.62. The van der Waals surface area contributed by atoms with Gasteiger partial charge in [0.2, 0.25) is 0 Å². The summed E-state index contributed by atoms with van der Waals surface area (Å²) in [4.78, 5) is 19.8. The van der Waals surface area contributed by atoms with E-state index in [9.17, 15) is 4.79 Å². The van der Waals surface area contributed by atoms with Gasteiger partial charge in [0.25, 0.3) is 0 Å². The van der Waals surface area contributed by atoms with E-state index in [2.05, 4.69) is 25.9 Å². The molecule has 2 rings (SSSR count). The van der Waals surface area contributed by atoms with Crippen molar-refractivity contribution in [1.29, 1.82) is 0 Å². The van der Waals surface area contributed by atoms with Crippen molar-refractivity contribution in [2.75, 3.05) is 6.61 Å². The molecule has 0 saturated heterocycles. The molecule has 0 atom stereocenters. The fourth-order valence-electron chi connectivity index (χ4n) is 1.37. The maximum absolute atomic E-state index is 11.6. The quantitative estimate of drug-likeness (QED) is 0.631. The molecule has 2 aromatic rings. The number of fused-ring (bicyclic) bond motifs is 1. The Morgan fingerprint density at radius 1 is 1.53 bits per heavy atom. The fourth-order valence-corrected chi connectivity index (χ4v) is 1.93. The minimum atomic E-state index is -0.480. The van der Waals surface area contributed by atoms with Crippen LogP contribution in [0.1, 0.15) is 17.3 Å². The lowest BCUT2D eigenvalue weighted by Crippen LogP contribution is -2.06. The van der Waals surface area contributed by atoms with Crippen LogP contribution in [0.2, 0.25) is 5.15 Å². The van der Waals surface area contributed by atoms with Gasteiger partial charge >= 0.3 is 5.97 Å². The van der Waals surface area contributed by atoms with Crippen LogP contribution in [0.25, 0.3) is 11.0 Å². The van der Waals surface area contributed by atoms with Crippen molar-refractivity contribution in [3.8, 4) is 0 Å². The standard InChI is InChI=1S/C11H8BrClN2O2/c1-2-17-11(16)8-4-6-3-7(12)5-14-10(6)15-9(8)13/h3-5H,2H2,1H3. The molecule has 2 heterocycles. The minimum Gasteiger partial charge on any atom is -0.462 e. The summed E-state index contributed by atoms with van der Waals surface area (Å²) in [6.45, 7) is 2.03. The minimum absolute atomic E-state index is 0.103. The fraction of sp³-hybridized carbons (Fsp3) is 0.182. The number of hydrogen-bond acceptors (Lipinski definition) is 4. The van der Waals surface area contributed by atoms with Gasteiger partial charge in [-0.3, -0.25) is 0 Å². The Labute approximate surface area is 111 Å². The first-order chi connectivity index (χ1) is 8.11. The molecule has 0 bridgehead atoms. The van der Waals surface area contributed by atoms with Crippen LogP contribution < -0.4 is 0 Å². The molecule has 0 aromatic carbocycles. The number of ether oxygens (including phenoxy) is 1. The number of rotatable bonds is 2. The highest BCUT2D eigenvalue weighted by atomic mass is 79.9. The van der Waals surface area contributed by atoms with Crippen molar-refractivity contribution in [3.63, 3.8) is 0 Å². The molecule has 17 heavy (non-hydrogen) atoms. The van der Waals surface area contributed by atoms with Gasteiger partial charge in [0.05, 0.1) is 12.2 Å². The number of carbonyl (C=O) groups is 1. The number of nitrogens with zero attached hydrogens (tertiary/aromatic N) is 2. The van der Waals surface area contributed by atoms with E-state index in [0.29, 0.717) is 12.3 Å². The summed E-state index contributed by atoms with van der Waals surface area (Å²) >= 11 is 9.21. The first kappa shape index (κ1) is 12.3. The van der Waals surface area contributed by atoms with E-state index < -0.39 is 5.97 Å². The zero-order valence-electron chi connectivity index (χ0n) is 8.91. The molecule has 0 fully saturated rings. The van der Waals surface area contributed by atoms with Crippen molar-refractivity contribution in [1.82, 2.24) is 9.97 Å². The summed E-state index contributed by atoms with van der Waals surface area (Å²) in [5.74, 6) is -0.480. The van der Waals surface area contributed by atoms with Crippen molar-refractivity contribution in [2.45, 2.75) is 6.92 Å². The molecule has 0 unspecified atom stereocenters. The molecule has 2 aromatic heterocycles. The van der Waals surface area contributed by atoms with Crippen molar-refractivity contribution < 1.29 is 9.53 Å². The molecule has 88 valence electrons. The van der Waals surface area contributed by atoms with Crippen molar-refractivity contribution in [2.24, 2.45) is 0 Å². The zero-order valence-corrected chi connectivity index (χ0v) is 11.2. The van der Waals surface area contributed by atoms with Gasteiger partial charge in [-0.15, -0.1) is 0 Å². The number of hydrogen-bond donors (Lipinski definition) is 0. The molecule has 0 N–H and O–H groups in total. The van der Waals surface area contributed by atoms with E-state index in [1.54, 1.807) is 19.2 Å². The summed E-state index contributed by atoms with van der Waals surface area (Å²) in [5.41, 5.74) is 0.743. The molecule has 4 nitrogen and oxygen atoms in total. The van der Waals surface area contributed by atoms with Crippen molar-refractivity contribution in [3.05, 3.63) is 33.5 Å². The van der Waals surface area contributed by atoms with Crippen LogP contribution in [-0.4, -0.2) is 22.5 Å². The van der Waals surface area contributed by atoms with Crippen LogP contribution in [0.3, 0.4) is 0 Å². The molecule has 0 spiro atoms. The maximum atomic E-state index is 11.6. The SMILES string of the molecule is CCOC(=O)c1cc2cc(Br)cnc2nc1Cl. The first-order valence-corrected chi connectivity index (χ1v) is 6.08. The Bertz CT molecular complexity index is 589. The Balaban J connectivity index is 2.57. The zero-order chi connectivity index (χ0) is 12.4. The normalized spacial score (nSPS) is 10.5. The van der Waals surface area contributed by atoms with Crippen LogP contribution in [0.5, 0.6) is 0 Å². The highest BCUT2D eigenvalue weighted by Crippen LogP contribution is 2.22. The lowest BCUT2D eigenvalue weighted by molar-refractivity contribution is 0.0526. The number of halogens is 2. The van der Waals surface area contributed by atoms with E-state index in [1.807, 2.05) is 6.07 Å². The number of pyridine rings is 2. The van der Waals surface area contributed by atoms with E-state index in [-0.39, 0.29) is 10.7 Å². The predicted molar refractivity (Wildman–Crippen MR) is 68.2 cm³/mol. The van der Waals surface area contributed by atoms with Crippen LogP contribution >= 0.6 is 27.5 Å². The van der Waals surface area contributed by atoms with Crippen molar-refractivity contribution >= 4 is 44.5 Å². The van der Waals surface area contributed by atoms with Gasteiger partial charge < -0.3 is 4.74 Å². The molecule has 0 aliphatic rings. The smallest absolute Gasteiger partial charge is 0.341 e. The van der Waals surface area contributed by atoms with Crippen LogP contribution in [0.15, 0.2) is 22.8 Å². The molecule has 0 aliphatic carbocycles. The second-order valence-corrected chi connectivity index (χ2v) is 4.52. The van der Waals surface area contributed by atoms with Gasteiger partial charge in [-0.05, 0) is 35.0 Å². The summed E-state index contributed by atoms with van der Waals surface area (Å²) in [7, 11) is 0. The van der Waals surface area contributed by atoms with Gasteiger partial charge in [0.1, 0.15) is 5.15 Å². The summed E-state index contributed by atoms with van der Waals surface area (Å²) in [5, 5.41) is 0.831. The van der Waals surface area contributed by atoms with Gasteiger partial charge in [0.15, 0.2) is 5.65 Å². The first-order valence-electron chi connectivity index (χ1n) is 4.90. The van der Waals surface area contributed by atoms with Gasteiger partial charge in [-0.2, -0.15) is 0 Å². The van der Waals surface area contributed by atoms with Crippen LogP contribution in [0, 0.1) is 0 Å².